The molecule has 0 spiro atoms. The lowest BCUT2D eigenvalue weighted by molar-refractivity contribution is -0.140. The zero-order valence-electron chi connectivity index (χ0n) is 11.6. The summed E-state index contributed by atoms with van der Waals surface area (Å²) in [7, 11) is 0. The van der Waals surface area contributed by atoms with E-state index in [1.54, 1.807) is 6.92 Å². The highest BCUT2D eigenvalue weighted by Gasteiger charge is 2.26. The number of carbonyl (C=O) groups excluding carboxylic acids is 2. The minimum Gasteiger partial charge on any atom is -0.481 e. The van der Waals surface area contributed by atoms with Crippen molar-refractivity contribution in [3.63, 3.8) is 0 Å². The number of H-pyrrole nitrogens is 1. The Labute approximate surface area is 116 Å². The van der Waals surface area contributed by atoms with Gasteiger partial charge >= 0.3 is 5.97 Å². The number of aromatic amines is 1. The third-order valence-corrected chi connectivity index (χ3v) is 3.65. The first-order chi connectivity index (χ1) is 9.41. The van der Waals surface area contributed by atoms with Crippen molar-refractivity contribution in [2.24, 2.45) is 5.92 Å². The SMILES string of the molecule is Cc1c(C(=O)NCC(C)C(=O)O)[nH]c2c1C(=O)CCC2. The van der Waals surface area contributed by atoms with Crippen molar-refractivity contribution in [1.82, 2.24) is 10.3 Å². The van der Waals surface area contributed by atoms with Gasteiger partial charge in [0.25, 0.3) is 5.91 Å². The molecule has 1 unspecified atom stereocenters. The summed E-state index contributed by atoms with van der Waals surface area (Å²) in [6.07, 6.45) is 2.08. The van der Waals surface area contributed by atoms with Gasteiger partial charge in [-0.05, 0) is 25.3 Å². The number of rotatable bonds is 4. The first-order valence-corrected chi connectivity index (χ1v) is 6.67. The van der Waals surface area contributed by atoms with E-state index in [9.17, 15) is 14.4 Å². The van der Waals surface area contributed by atoms with Gasteiger partial charge in [-0.15, -0.1) is 0 Å². The number of ketones is 1. The number of hydrogen-bond acceptors (Lipinski definition) is 3. The summed E-state index contributed by atoms with van der Waals surface area (Å²) in [5.74, 6) is -1.90. The molecule has 0 fully saturated rings. The normalized spacial score (nSPS) is 15.6. The molecule has 108 valence electrons. The average Bonchev–Trinajstić information content (AvgIpc) is 2.74. The largest absolute Gasteiger partial charge is 0.481 e. The fourth-order valence-corrected chi connectivity index (χ4v) is 2.42. The molecule has 0 saturated carbocycles. The summed E-state index contributed by atoms with van der Waals surface area (Å²) in [5, 5.41) is 11.4. The second-order valence-corrected chi connectivity index (χ2v) is 5.20. The fraction of sp³-hybridized carbons (Fsp3) is 0.500. The lowest BCUT2D eigenvalue weighted by Gasteiger charge is -2.09. The number of carboxylic acids is 1. The predicted octanol–water partition coefficient (Wildman–Crippen LogP) is 1.29. The number of aryl methyl sites for hydroxylation is 1. The fourth-order valence-electron chi connectivity index (χ4n) is 2.42. The molecule has 0 aliphatic heterocycles. The van der Waals surface area contributed by atoms with Gasteiger partial charge in [0.05, 0.1) is 5.92 Å². The van der Waals surface area contributed by atoms with E-state index in [-0.39, 0.29) is 18.2 Å². The molecule has 6 nitrogen and oxygen atoms in total. The summed E-state index contributed by atoms with van der Waals surface area (Å²) in [4.78, 5) is 37.7. The van der Waals surface area contributed by atoms with Crippen molar-refractivity contribution in [2.75, 3.05) is 6.54 Å². The number of fused-ring (bicyclic) bond motifs is 1. The molecule has 1 atom stereocenters. The maximum Gasteiger partial charge on any atom is 0.308 e. The molecule has 20 heavy (non-hydrogen) atoms. The molecule has 1 aromatic rings. The number of aliphatic carboxylic acids is 1. The van der Waals surface area contributed by atoms with Gasteiger partial charge in [-0.2, -0.15) is 0 Å². The van der Waals surface area contributed by atoms with Crippen LogP contribution in [-0.2, 0) is 11.2 Å². The number of nitrogens with one attached hydrogen (secondary N) is 2. The van der Waals surface area contributed by atoms with Gasteiger partial charge in [0, 0.05) is 24.2 Å². The molecule has 1 aromatic heterocycles. The van der Waals surface area contributed by atoms with E-state index in [1.807, 2.05) is 0 Å². The van der Waals surface area contributed by atoms with Crippen molar-refractivity contribution < 1.29 is 19.5 Å². The molecule has 1 heterocycles. The van der Waals surface area contributed by atoms with Crippen LogP contribution < -0.4 is 5.32 Å². The summed E-state index contributed by atoms with van der Waals surface area (Å²) >= 11 is 0. The molecular weight excluding hydrogens is 260 g/mol. The van der Waals surface area contributed by atoms with Crippen LogP contribution in [0.1, 0.15) is 51.9 Å². The van der Waals surface area contributed by atoms with E-state index in [0.29, 0.717) is 23.2 Å². The molecule has 0 aromatic carbocycles. The molecule has 1 amide bonds. The first-order valence-electron chi connectivity index (χ1n) is 6.67. The van der Waals surface area contributed by atoms with Gasteiger partial charge in [0.1, 0.15) is 5.69 Å². The van der Waals surface area contributed by atoms with Crippen LogP contribution >= 0.6 is 0 Å². The molecule has 0 bridgehead atoms. The Morgan fingerprint density at radius 3 is 2.70 bits per heavy atom. The number of Topliss-reactive ketones (excluding diaryl/α,β-unsaturated/α-hetero) is 1. The highest BCUT2D eigenvalue weighted by atomic mass is 16.4. The van der Waals surface area contributed by atoms with E-state index in [2.05, 4.69) is 10.3 Å². The van der Waals surface area contributed by atoms with Crippen LogP contribution in [0.25, 0.3) is 0 Å². The molecule has 1 aliphatic carbocycles. The lowest BCUT2D eigenvalue weighted by Crippen LogP contribution is -2.32. The topological polar surface area (TPSA) is 99.3 Å². The van der Waals surface area contributed by atoms with Gasteiger partial charge < -0.3 is 15.4 Å². The van der Waals surface area contributed by atoms with Crippen LogP contribution in [0, 0.1) is 12.8 Å². The summed E-state index contributed by atoms with van der Waals surface area (Å²) in [6.45, 7) is 3.33. The van der Waals surface area contributed by atoms with Gasteiger partial charge in [0.15, 0.2) is 5.78 Å². The number of carbonyl (C=O) groups is 3. The minimum absolute atomic E-state index is 0.0608. The zero-order valence-corrected chi connectivity index (χ0v) is 11.6. The Morgan fingerprint density at radius 1 is 1.40 bits per heavy atom. The second-order valence-electron chi connectivity index (χ2n) is 5.20. The Bertz CT molecular complexity index is 574. The van der Waals surface area contributed by atoms with Crippen LogP contribution in [0.3, 0.4) is 0 Å². The Morgan fingerprint density at radius 2 is 2.10 bits per heavy atom. The van der Waals surface area contributed by atoms with Crippen LogP contribution in [0.4, 0.5) is 0 Å². The highest BCUT2D eigenvalue weighted by Crippen LogP contribution is 2.26. The quantitative estimate of drug-likeness (QED) is 0.772. The molecule has 3 N–H and O–H groups in total. The van der Waals surface area contributed by atoms with E-state index in [1.165, 1.54) is 6.92 Å². The van der Waals surface area contributed by atoms with Crippen molar-refractivity contribution in [3.05, 3.63) is 22.5 Å². The van der Waals surface area contributed by atoms with Gasteiger partial charge in [0.2, 0.25) is 0 Å². The number of amides is 1. The maximum absolute atomic E-state index is 12.1. The maximum atomic E-state index is 12.1. The van der Waals surface area contributed by atoms with E-state index in [0.717, 1.165) is 18.5 Å². The van der Waals surface area contributed by atoms with Crippen molar-refractivity contribution in [1.29, 1.82) is 0 Å². The third kappa shape index (κ3) is 2.59. The summed E-state index contributed by atoms with van der Waals surface area (Å²) < 4.78 is 0. The molecule has 1 aliphatic rings. The minimum atomic E-state index is -0.956. The average molecular weight is 278 g/mol. The summed E-state index contributed by atoms with van der Waals surface area (Å²) in [6, 6.07) is 0. The number of carboxylic acid groups (broad SMARTS) is 1. The molecular formula is C14H18N2O4. The second kappa shape index (κ2) is 5.48. The smallest absolute Gasteiger partial charge is 0.308 e. The number of aromatic nitrogens is 1. The van der Waals surface area contributed by atoms with Crippen LogP contribution in [0.15, 0.2) is 0 Å². The lowest BCUT2D eigenvalue weighted by atomic mass is 9.94. The van der Waals surface area contributed by atoms with Gasteiger partial charge in [-0.1, -0.05) is 6.92 Å². The standard InChI is InChI=1S/C14H18N2O4/c1-7(14(19)20)6-15-13(18)12-8(2)11-9(16-12)4-3-5-10(11)17/h7,16H,3-6H2,1-2H3,(H,15,18)(H,19,20). The van der Waals surface area contributed by atoms with Gasteiger partial charge in [-0.3, -0.25) is 14.4 Å². The highest BCUT2D eigenvalue weighted by molar-refractivity contribution is 6.04. The van der Waals surface area contributed by atoms with E-state index >= 15 is 0 Å². The Kier molecular flexibility index (Phi) is 3.92. The van der Waals surface area contributed by atoms with Crippen LogP contribution in [0.5, 0.6) is 0 Å². The Hall–Kier alpha value is -2.11. The van der Waals surface area contributed by atoms with Crippen molar-refractivity contribution in [3.8, 4) is 0 Å². The number of hydrogen-bond donors (Lipinski definition) is 3. The van der Waals surface area contributed by atoms with Crippen LogP contribution in [0.2, 0.25) is 0 Å². The van der Waals surface area contributed by atoms with Gasteiger partial charge in [-0.25, -0.2) is 0 Å². The predicted molar refractivity (Wildman–Crippen MR) is 71.9 cm³/mol. The van der Waals surface area contributed by atoms with E-state index < -0.39 is 11.9 Å². The monoisotopic (exact) mass is 278 g/mol. The third-order valence-electron chi connectivity index (χ3n) is 3.65. The first kappa shape index (κ1) is 14.3. The van der Waals surface area contributed by atoms with Crippen LogP contribution in [-0.4, -0.2) is 34.3 Å². The summed E-state index contributed by atoms with van der Waals surface area (Å²) in [5.41, 5.74) is 2.47. The van der Waals surface area contributed by atoms with E-state index in [4.69, 9.17) is 5.11 Å². The molecule has 0 saturated heterocycles. The van der Waals surface area contributed by atoms with Crippen molar-refractivity contribution in [2.45, 2.75) is 33.1 Å². The Balaban J connectivity index is 2.15. The molecule has 6 heteroatoms. The molecule has 2 rings (SSSR count). The zero-order chi connectivity index (χ0) is 14.9. The van der Waals surface area contributed by atoms with Crippen molar-refractivity contribution >= 4 is 17.7 Å². The molecule has 0 radical (unpaired) electrons.